The Labute approximate surface area is 188 Å². The van der Waals surface area contributed by atoms with Crippen LogP contribution >= 0.6 is 0 Å². The fourth-order valence-corrected chi connectivity index (χ4v) is 3.47. The van der Waals surface area contributed by atoms with E-state index in [0.717, 1.165) is 0 Å². The molecule has 2 heterocycles. The second-order valence-corrected chi connectivity index (χ2v) is 7.65. The van der Waals surface area contributed by atoms with Gasteiger partial charge in [-0.15, -0.1) is 0 Å². The van der Waals surface area contributed by atoms with Gasteiger partial charge in [0.25, 0.3) is 0 Å². The van der Waals surface area contributed by atoms with Crippen LogP contribution in [0.2, 0.25) is 0 Å². The largest absolute Gasteiger partial charge is 0.481 e. The van der Waals surface area contributed by atoms with Gasteiger partial charge >= 0.3 is 11.9 Å². The minimum Gasteiger partial charge on any atom is -0.481 e. The molecule has 1 aromatic heterocycles. The predicted molar refractivity (Wildman–Crippen MR) is 110 cm³/mol. The molecule has 0 aromatic carbocycles. The van der Waals surface area contributed by atoms with Crippen LogP contribution in [0, 0.1) is 0 Å². The topological polar surface area (TPSA) is 228 Å². The molecule has 0 spiro atoms. The van der Waals surface area contributed by atoms with Gasteiger partial charge in [-0.25, -0.2) is 9.78 Å². The molecule has 1 fully saturated rings. The number of nitrogens with zero attached hydrogens (tertiary/aromatic N) is 2. The molecule has 14 heteroatoms. The Hall–Kier alpha value is -3.52. The first-order valence-corrected chi connectivity index (χ1v) is 10.3. The number of aromatic nitrogens is 2. The molecule has 2 rings (SSSR count). The highest BCUT2D eigenvalue weighted by Crippen LogP contribution is 2.19. The summed E-state index contributed by atoms with van der Waals surface area (Å²) < 4.78 is 0. The van der Waals surface area contributed by atoms with Gasteiger partial charge in [0, 0.05) is 31.3 Å². The molecule has 1 saturated heterocycles. The summed E-state index contributed by atoms with van der Waals surface area (Å²) in [6, 6.07) is -4.78. The zero-order chi connectivity index (χ0) is 24.5. The van der Waals surface area contributed by atoms with E-state index in [1.165, 1.54) is 17.4 Å². The number of aromatic amines is 1. The summed E-state index contributed by atoms with van der Waals surface area (Å²) in [7, 11) is 0. The molecular formula is C19H28N6O8. The third-order valence-corrected chi connectivity index (χ3v) is 5.23. The molecule has 4 atom stereocenters. The Balaban J connectivity index is 2.11. The van der Waals surface area contributed by atoms with E-state index >= 15 is 0 Å². The number of carboxylic acids is 2. The van der Waals surface area contributed by atoms with E-state index in [1.54, 1.807) is 0 Å². The summed E-state index contributed by atoms with van der Waals surface area (Å²) >= 11 is 0. The minimum absolute atomic E-state index is 0.0475. The van der Waals surface area contributed by atoms with Crippen LogP contribution in [-0.4, -0.2) is 97.2 Å². The summed E-state index contributed by atoms with van der Waals surface area (Å²) in [4.78, 5) is 68.1. The predicted octanol–water partition coefficient (Wildman–Crippen LogP) is -2.82. The van der Waals surface area contributed by atoms with Crippen LogP contribution in [0.3, 0.4) is 0 Å². The number of aliphatic hydroxyl groups is 1. The fourth-order valence-electron chi connectivity index (χ4n) is 3.47. The van der Waals surface area contributed by atoms with Crippen LogP contribution in [0.1, 0.15) is 31.4 Å². The number of hydrogen-bond acceptors (Lipinski definition) is 8. The number of H-pyrrole nitrogens is 1. The highest BCUT2D eigenvalue weighted by atomic mass is 16.4. The highest BCUT2D eigenvalue weighted by molar-refractivity contribution is 5.94. The second-order valence-electron chi connectivity index (χ2n) is 7.65. The van der Waals surface area contributed by atoms with E-state index in [1.807, 2.05) is 0 Å². The van der Waals surface area contributed by atoms with Crippen molar-refractivity contribution in [3.05, 3.63) is 18.2 Å². The first-order chi connectivity index (χ1) is 15.6. The molecule has 33 heavy (non-hydrogen) atoms. The molecule has 4 unspecified atom stereocenters. The smallest absolute Gasteiger partial charge is 0.328 e. The Bertz CT molecular complexity index is 860. The van der Waals surface area contributed by atoms with E-state index in [2.05, 4.69) is 20.6 Å². The van der Waals surface area contributed by atoms with Crippen molar-refractivity contribution in [2.24, 2.45) is 5.73 Å². The van der Waals surface area contributed by atoms with Gasteiger partial charge in [0.05, 0.1) is 19.0 Å². The van der Waals surface area contributed by atoms with Crippen LogP contribution in [0.25, 0.3) is 0 Å². The van der Waals surface area contributed by atoms with E-state index in [4.69, 9.17) is 15.9 Å². The van der Waals surface area contributed by atoms with Crippen LogP contribution in [0.4, 0.5) is 0 Å². The average Bonchev–Trinajstić information content (AvgIpc) is 3.46. The van der Waals surface area contributed by atoms with Crippen molar-refractivity contribution in [1.29, 1.82) is 0 Å². The zero-order valence-corrected chi connectivity index (χ0v) is 17.8. The first-order valence-electron chi connectivity index (χ1n) is 10.3. The molecule has 182 valence electrons. The number of aliphatic hydroxyl groups excluding tert-OH is 1. The van der Waals surface area contributed by atoms with E-state index < -0.39 is 60.4 Å². The lowest BCUT2D eigenvalue weighted by Gasteiger charge is -2.28. The number of rotatable bonds is 12. The number of nitrogens with two attached hydrogens (primary N) is 1. The number of likely N-dealkylation sites (tertiary alicyclic amines) is 1. The van der Waals surface area contributed by atoms with Crippen LogP contribution in [-0.2, 0) is 30.4 Å². The molecule has 0 saturated carbocycles. The number of nitrogens with one attached hydrogen (secondary N) is 3. The molecule has 1 aliphatic rings. The van der Waals surface area contributed by atoms with E-state index in [0.29, 0.717) is 18.5 Å². The van der Waals surface area contributed by atoms with Crippen molar-refractivity contribution in [3.63, 3.8) is 0 Å². The molecule has 14 nitrogen and oxygen atoms in total. The Morgan fingerprint density at radius 3 is 2.52 bits per heavy atom. The molecule has 0 bridgehead atoms. The van der Waals surface area contributed by atoms with Crippen LogP contribution in [0.15, 0.2) is 12.5 Å². The highest BCUT2D eigenvalue weighted by Gasteiger charge is 2.38. The quantitative estimate of drug-likeness (QED) is 0.166. The Kier molecular flexibility index (Phi) is 9.30. The van der Waals surface area contributed by atoms with Crippen molar-refractivity contribution >= 4 is 29.7 Å². The monoisotopic (exact) mass is 468 g/mol. The molecule has 1 aliphatic heterocycles. The lowest BCUT2D eigenvalue weighted by atomic mass is 10.1. The van der Waals surface area contributed by atoms with Gasteiger partial charge in [-0.2, -0.15) is 0 Å². The Morgan fingerprint density at radius 1 is 1.21 bits per heavy atom. The standard InChI is InChI=1S/C19H28N6O8/c20-11(3-4-15(27)28)18(31)25-5-1-2-14(25)17(30)23-12(6-10-7-21-9-22-10)16(29)24-13(8-26)19(32)33/h7,9,11-14,26H,1-6,8,20H2,(H,21,22)(H,23,30)(H,24,29)(H,27,28)(H,32,33). The summed E-state index contributed by atoms with van der Waals surface area (Å²) in [6.07, 6.45) is 3.21. The van der Waals surface area contributed by atoms with Crippen molar-refractivity contribution in [2.75, 3.05) is 13.2 Å². The molecular weight excluding hydrogens is 440 g/mol. The number of aliphatic carboxylic acids is 2. The van der Waals surface area contributed by atoms with Gasteiger partial charge < -0.3 is 41.6 Å². The molecule has 1 aromatic rings. The Morgan fingerprint density at radius 2 is 1.94 bits per heavy atom. The number of imidazole rings is 1. The van der Waals surface area contributed by atoms with Crippen molar-refractivity contribution in [3.8, 4) is 0 Å². The maximum atomic E-state index is 13.0. The van der Waals surface area contributed by atoms with Crippen LogP contribution in [0.5, 0.6) is 0 Å². The number of hydrogen-bond donors (Lipinski definition) is 7. The zero-order valence-electron chi connectivity index (χ0n) is 17.8. The molecule has 3 amide bonds. The number of carboxylic acid groups (broad SMARTS) is 2. The molecule has 8 N–H and O–H groups in total. The third kappa shape index (κ3) is 7.25. The van der Waals surface area contributed by atoms with Crippen molar-refractivity contribution in [2.45, 2.75) is 56.3 Å². The lowest BCUT2D eigenvalue weighted by Crippen LogP contribution is -2.57. The van der Waals surface area contributed by atoms with Gasteiger partial charge in [0.15, 0.2) is 0 Å². The molecule has 0 radical (unpaired) electrons. The van der Waals surface area contributed by atoms with Gasteiger partial charge in [-0.1, -0.05) is 0 Å². The summed E-state index contributed by atoms with van der Waals surface area (Å²) in [5, 5.41) is 31.7. The number of amides is 3. The van der Waals surface area contributed by atoms with Gasteiger partial charge in [-0.3, -0.25) is 19.2 Å². The number of carbonyl (C=O) groups is 5. The normalized spacial score (nSPS) is 18.2. The first kappa shape index (κ1) is 25.7. The lowest BCUT2D eigenvalue weighted by molar-refractivity contribution is -0.144. The minimum atomic E-state index is -1.56. The maximum Gasteiger partial charge on any atom is 0.328 e. The van der Waals surface area contributed by atoms with Crippen molar-refractivity contribution in [1.82, 2.24) is 25.5 Å². The summed E-state index contributed by atoms with van der Waals surface area (Å²) in [5.74, 6) is -4.57. The number of carbonyl (C=O) groups excluding carboxylic acids is 3. The van der Waals surface area contributed by atoms with Gasteiger partial charge in [0.1, 0.15) is 18.1 Å². The van der Waals surface area contributed by atoms with Gasteiger partial charge in [0.2, 0.25) is 17.7 Å². The van der Waals surface area contributed by atoms with Crippen molar-refractivity contribution < 1.29 is 39.3 Å². The maximum absolute atomic E-state index is 13.0. The second kappa shape index (κ2) is 11.9. The fraction of sp³-hybridized carbons (Fsp3) is 0.579. The van der Waals surface area contributed by atoms with Gasteiger partial charge in [-0.05, 0) is 19.3 Å². The average molecular weight is 468 g/mol. The van der Waals surface area contributed by atoms with Crippen LogP contribution < -0.4 is 16.4 Å². The summed E-state index contributed by atoms with van der Waals surface area (Å²) in [6.45, 7) is -0.592. The third-order valence-electron chi connectivity index (χ3n) is 5.23. The molecule has 0 aliphatic carbocycles. The van der Waals surface area contributed by atoms with E-state index in [9.17, 15) is 29.1 Å². The summed E-state index contributed by atoms with van der Waals surface area (Å²) in [5.41, 5.74) is 6.29. The SMILES string of the molecule is NC(CCC(=O)O)C(=O)N1CCCC1C(=O)NC(Cc1cnc[nH]1)C(=O)NC(CO)C(=O)O. The van der Waals surface area contributed by atoms with E-state index in [-0.39, 0.29) is 25.8 Å².